The lowest BCUT2D eigenvalue weighted by molar-refractivity contribution is 0.413. The second-order valence-corrected chi connectivity index (χ2v) is 8.07. The van der Waals surface area contributed by atoms with Crippen LogP contribution in [0.4, 0.5) is 5.69 Å². The minimum atomic E-state index is 0.545. The molecule has 0 radical (unpaired) electrons. The molecule has 29 heavy (non-hydrogen) atoms. The molecule has 0 bridgehead atoms. The monoisotopic (exact) mass is 386 g/mol. The first-order chi connectivity index (χ1) is 14.1. The summed E-state index contributed by atoms with van der Waals surface area (Å²) in [5.41, 5.74) is 9.81. The summed E-state index contributed by atoms with van der Waals surface area (Å²) in [4.78, 5) is 0. The maximum Gasteiger partial charge on any atom is 0.127 e. The zero-order valence-corrected chi connectivity index (χ0v) is 17.6. The van der Waals surface area contributed by atoms with Crippen molar-refractivity contribution in [2.24, 2.45) is 0 Å². The summed E-state index contributed by atoms with van der Waals surface area (Å²) in [6, 6.07) is 13.4. The van der Waals surface area contributed by atoms with Crippen molar-refractivity contribution >= 4 is 17.0 Å². The molecule has 0 saturated heterocycles. The Bertz CT molecular complexity index is 1000. The Morgan fingerprint density at radius 3 is 2.62 bits per heavy atom. The van der Waals surface area contributed by atoms with Crippen LogP contribution in [0.5, 0.6) is 5.75 Å². The summed E-state index contributed by atoms with van der Waals surface area (Å²) in [6.07, 6.45) is 8.73. The Kier molecular flexibility index (Phi) is 5.59. The van der Waals surface area contributed by atoms with E-state index in [1.807, 2.05) is 19.2 Å². The van der Waals surface area contributed by atoms with Crippen molar-refractivity contribution in [1.29, 1.82) is 0 Å². The SMILES string of the molecule is C=C(Nc1ccc2c(c1)CC(NC)C2)c1cccc(OC)c1C1=CC=C(C)CC1. The second kappa shape index (κ2) is 8.30. The fourth-order valence-electron chi connectivity index (χ4n) is 4.38. The van der Waals surface area contributed by atoms with E-state index in [9.17, 15) is 0 Å². The van der Waals surface area contributed by atoms with Gasteiger partial charge < -0.3 is 15.4 Å². The first-order valence-corrected chi connectivity index (χ1v) is 10.4. The highest BCUT2D eigenvalue weighted by Gasteiger charge is 2.21. The Morgan fingerprint density at radius 1 is 1.07 bits per heavy atom. The summed E-state index contributed by atoms with van der Waals surface area (Å²) in [6.45, 7) is 6.55. The van der Waals surface area contributed by atoms with Crippen LogP contribution in [-0.4, -0.2) is 20.2 Å². The van der Waals surface area contributed by atoms with E-state index in [0.29, 0.717) is 6.04 Å². The number of allylic oxidation sites excluding steroid dienone is 4. The Morgan fingerprint density at radius 2 is 1.90 bits per heavy atom. The van der Waals surface area contributed by atoms with Gasteiger partial charge in [0.2, 0.25) is 0 Å². The molecule has 0 fully saturated rings. The molecule has 2 aromatic carbocycles. The Hall–Kier alpha value is -2.78. The second-order valence-electron chi connectivity index (χ2n) is 8.07. The van der Waals surface area contributed by atoms with Crippen LogP contribution in [0.1, 0.15) is 42.0 Å². The van der Waals surface area contributed by atoms with Gasteiger partial charge in [0, 0.05) is 28.6 Å². The maximum absolute atomic E-state index is 5.71. The summed E-state index contributed by atoms with van der Waals surface area (Å²) in [5.74, 6) is 0.899. The number of likely N-dealkylation sites (N-methyl/N-ethyl adjacent to an activating group) is 1. The minimum absolute atomic E-state index is 0.545. The van der Waals surface area contributed by atoms with Gasteiger partial charge >= 0.3 is 0 Å². The molecule has 0 aromatic heterocycles. The van der Waals surface area contributed by atoms with Gasteiger partial charge in [0.05, 0.1) is 7.11 Å². The van der Waals surface area contributed by atoms with Crippen LogP contribution in [0.25, 0.3) is 11.3 Å². The number of fused-ring (bicyclic) bond motifs is 1. The van der Waals surface area contributed by atoms with E-state index < -0.39 is 0 Å². The highest BCUT2D eigenvalue weighted by molar-refractivity contribution is 5.87. The number of nitrogens with one attached hydrogen (secondary N) is 2. The number of benzene rings is 2. The van der Waals surface area contributed by atoms with Crippen molar-refractivity contribution in [2.75, 3.05) is 19.5 Å². The van der Waals surface area contributed by atoms with Crippen molar-refractivity contribution in [3.63, 3.8) is 0 Å². The van der Waals surface area contributed by atoms with Gasteiger partial charge in [-0.05, 0) is 74.6 Å². The topological polar surface area (TPSA) is 33.3 Å². The van der Waals surface area contributed by atoms with Gasteiger partial charge in [-0.1, -0.05) is 42.5 Å². The lowest BCUT2D eigenvalue weighted by Crippen LogP contribution is -2.24. The molecule has 2 N–H and O–H groups in total. The lowest BCUT2D eigenvalue weighted by Gasteiger charge is -2.21. The van der Waals surface area contributed by atoms with Crippen molar-refractivity contribution in [2.45, 2.75) is 38.6 Å². The van der Waals surface area contributed by atoms with Gasteiger partial charge in [-0.25, -0.2) is 0 Å². The predicted octanol–water partition coefficient (Wildman–Crippen LogP) is 5.59. The first-order valence-electron chi connectivity index (χ1n) is 10.4. The number of ether oxygens (including phenoxy) is 1. The number of hydrogen-bond acceptors (Lipinski definition) is 3. The molecular formula is C26H30N2O. The molecule has 2 aliphatic carbocycles. The molecule has 2 aliphatic rings. The van der Waals surface area contributed by atoms with Gasteiger partial charge in [-0.3, -0.25) is 0 Å². The van der Waals surface area contributed by atoms with Gasteiger partial charge in [0.25, 0.3) is 0 Å². The quantitative estimate of drug-likeness (QED) is 0.679. The van der Waals surface area contributed by atoms with E-state index in [4.69, 9.17) is 4.74 Å². The standard InChI is InChI=1S/C26H30N2O/c1-17-8-10-19(11-9-17)26-24(6-5-7-25(26)29-4)18(2)28-22-13-12-20-14-23(27-3)16-21(20)15-22/h5-8,10,12-13,15,23,27-28H,2,9,11,14,16H2,1,3-4H3. The fraction of sp³-hybridized carbons (Fsp3) is 0.308. The molecule has 0 aliphatic heterocycles. The van der Waals surface area contributed by atoms with E-state index in [-0.39, 0.29) is 0 Å². The molecule has 0 amide bonds. The lowest BCUT2D eigenvalue weighted by atomic mass is 9.89. The Balaban J connectivity index is 1.63. The number of hydrogen-bond donors (Lipinski definition) is 2. The van der Waals surface area contributed by atoms with Crippen LogP contribution in [0.2, 0.25) is 0 Å². The molecular weight excluding hydrogens is 356 g/mol. The molecule has 2 aromatic rings. The highest BCUT2D eigenvalue weighted by Crippen LogP contribution is 2.38. The number of anilines is 1. The van der Waals surface area contributed by atoms with Crippen LogP contribution in [-0.2, 0) is 12.8 Å². The van der Waals surface area contributed by atoms with Gasteiger partial charge in [0.15, 0.2) is 0 Å². The predicted molar refractivity (Wildman–Crippen MR) is 123 cm³/mol. The zero-order valence-electron chi connectivity index (χ0n) is 17.6. The normalized spacial score (nSPS) is 18.0. The molecule has 3 heteroatoms. The van der Waals surface area contributed by atoms with Crippen molar-refractivity contribution < 1.29 is 4.74 Å². The fourth-order valence-corrected chi connectivity index (χ4v) is 4.38. The zero-order chi connectivity index (χ0) is 20.4. The molecule has 0 heterocycles. The number of rotatable bonds is 6. The van der Waals surface area contributed by atoms with E-state index in [2.05, 4.69) is 60.6 Å². The molecule has 1 atom stereocenters. The van der Waals surface area contributed by atoms with Crippen LogP contribution in [0.3, 0.4) is 0 Å². The summed E-state index contributed by atoms with van der Waals surface area (Å²) >= 11 is 0. The van der Waals surface area contributed by atoms with Crippen LogP contribution < -0.4 is 15.4 Å². The molecule has 1 unspecified atom stereocenters. The first kappa shape index (κ1) is 19.5. The third kappa shape index (κ3) is 4.01. The summed E-state index contributed by atoms with van der Waals surface area (Å²) in [5, 5.41) is 6.94. The molecule has 0 saturated carbocycles. The smallest absolute Gasteiger partial charge is 0.127 e. The van der Waals surface area contributed by atoms with E-state index in [1.54, 1.807) is 7.11 Å². The largest absolute Gasteiger partial charge is 0.496 e. The van der Waals surface area contributed by atoms with Gasteiger partial charge in [-0.2, -0.15) is 0 Å². The third-order valence-electron chi connectivity index (χ3n) is 6.09. The van der Waals surface area contributed by atoms with Crippen LogP contribution in [0.15, 0.2) is 60.7 Å². The van der Waals surface area contributed by atoms with Gasteiger partial charge in [0.1, 0.15) is 5.75 Å². The number of methoxy groups -OCH3 is 1. The maximum atomic E-state index is 5.71. The molecule has 0 spiro atoms. The minimum Gasteiger partial charge on any atom is -0.496 e. The van der Waals surface area contributed by atoms with E-state index in [0.717, 1.165) is 53.9 Å². The highest BCUT2D eigenvalue weighted by atomic mass is 16.5. The third-order valence-corrected chi connectivity index (χ3v) is 6.09. The summed E-state index contributed by atoms with van der Waals surface area (Å²) in [7, 11) is 3.78. The molecule has 150 valence electrons. The van der Waals surface area contributed by atoms with Crippen LogP contribution >= 0.6 is 0 Å². The van der Waals surface area contributed by atoms with E-state index in [1.165, 1.54) is 22.3 Å². The van der Waals surface area contributed by atoms with Crippen molar-refractivity contribution in [3.8, 4) is 5.75 Å². The van der Waals surface area contributed by atoms with Crippen molar-refractivity contribution in [3.05, 3.63) is 83.0 Å². The molecule has 3 nitrogen and oxygen atoms in total. The van der Waals surface area contributed by atoms with E-state index >= 15 is 0 Å². The molecule has 4 rings (SSSR count). The average molecular weight is 387 g/mol. The van der Waals surface area contributed by atoms with Gasteiger partial charge in [-0.15, -0.1) is 0 Å². The van der Waals surface area contributed by atoms with Crippen LogP contribution in [0, 0.1) is 0 Å². The summed E-state index contributed by atoms with van der Waals surface area (Å²) < 4.78 is 5.71. The Labute approximate surface area is 174 Å². The van der Waals surface area contributed by atoms with Crippen molar-refractivity contribution in [1.82, 2.24) is 5.32 Å². The average Bonchev–Trinajstić information content (AvgIpc) is 3.16.